The zero-order chi connectivity index (χ0) is 12.2. The van der Waals surface area contributed by atoms with Crippen LogP contribution in [0.3, 0.4) is 0 Å². The van der Waals surface area contributed by atoms with Crippen LogP contribution in [-0.4, -0.2) is 29.2 Å². The minimum absolute atomic E-state index is 0.0492. The predicted molar refractivity (Wildman–Crippen MR) is 54.1 cm³/mol. The summed E-state index contributed by atoms with van der Waals surface area (Å²) in [5.41, 5.74) is 0. The number of allylic oxidation sites excluding steroid dienone is 2. The average Bonchev–Trinajstić information content (AvgIpc) is 2.92. The number of carbonyl (C=O) groups excluding carboxylic acids is 3. The molecule has 17 heavy (non-hydrogen) atoms. The van der Waals surface area contributed by atoms with Gasteiger partial charge in [-0.25, -0.2) is 0 Å². The molecule has 2 fully saturated rings. The Morgan fingerprint density at radius 1 is 1.24 bits per heavy atom. The predicted octanol–water partition coefficient (Wildman–Crippen LogP) is -1.07. The van der Waals surface area contributed by atoms with Gasteiger partial charge >= 0.3 is 0 Å². The molecule has 5 nitrogen and oxygen atoms in total. The van der Waals surface area contributed by atoms with Crippen molar-refractivity contribution < 1.29 is 19.5 Å². The highest BCUT2D eigenvalue weighted by molar-refractivity contribution is 6.06. The first-order chi connectivity index (χ1) is 8.09. The smallest absolute Gasteiger partial charge is 0.233 e. The van der Waals surface area contributed by atoms with Crippen molar-refractivity contribution in [1.29, 1.82) is 0 Å². The number of fused-ring (bicyclic) bond motifs is 5. The van der Waals surface area contributed by atoms with Gasteiger partial charge in [-0.15, -0.1) is 0 Å². The molecule has 0 N–H and O–H groups in total. The van der Waals surface area contributed by atoms with Crippen molar-refractivity contribution in [2.24, 2.45) is 23.7 Å². The summed E-state index contributed by atoms with van der Waals surface area (Å²) in [6.45, 7) is -0.0492. The van der Waals surface area contributed by atoms with Crippen molar-refractivity contribution in [2.75, 3.05) is 6.54 Å². The maximum absolute atomic E-state index is 12.1. The fourth-order valence-corrected chi connectivity index (χ4v) is 3.39. The SMILES string of the molecule is O=C([O-])CCN1C(=O)[C@@H]2[C@H](C1=O)[C@@H]1C=C[C@@H]2C1. The van der Waals surface area contributed by atoms with E-state index in [9.17, 15) is 19.5 Å². The Morgan fingerprint density at radius 2 is 1.76 bits per heavy atom. The Bertz CT molecular complexity index is 412. The number of hydrogen-bond acceptors (Lipinski definition) is 4. The zero-order valence-electron chi connectivity index (χ0n) is 9.17. The molecular formula is C12H12NO4-. The molecule has 2 aliphatic carbocycles. The van der Waals surface area contributed by atoms with Crippen LogP contribution in [0.2, 0.25) is 0 Å². The van der Waals surface area contributed by atoms with Crippen molar-refractivity contribution in [1.82, 2.24) is 4.90 Å². The van der Waals surface area contributed by atoms with Crippen LogP contribution in [0, 0.1) is 23.7 Å². The van der Waals surface area contributed by atoms with Crippen molar-refractivity contribution in [3.8, 4) is 0 Å². The molecule has 90 valence electrons. The molecular weight excluding hydrogens is 222 g/mol. The van der Waals surface area contributed by atoms with E-state index in [2.05, 4.69) is 0 Å². The number of carboxylic acid groups (broad SMARTS) is 1. The molecule has 0 unspecified atom stereocenters. The van der Waals surface area contributed by atoms with Crippen molar-refractivity contribution in [3.05, 3.63) is 12.2 Å². The molecule has 2 bridgehead atoms. The number of rotatable bonds is 3. The van der Waals surface area contributed by atoms with Crippen molar-refractivity contribution >= 4 is 17.8 Å². The topological polar surface area (TPSA) is 77.5 Å². The van der Waals surface area contributed by atoms with E-state index in [1.54, 1.807) is 0 Å². The molecule has 4 atom stereocenters. The van der Waals surface area contributed by atoms with Gasteiger partial charge in [-0.1, -0.05) is 12.2 Å². The number of aliphatic carboxylic acids is 1. The fraction of sp³-hybridized carbons (Fsp3) is 0.583. The van der Waals surface area contributed by atoms with Crippen molar-refractivity contribution in [3.63, 3.8) is 0 Å². The summed E-state index contributed by atoms with van der Waals surface area (Å²) in [4.78, 5) is 35.6. The summed E-state index contributed by atoms with van der Waals surface area (Å²) in [5, 5.41) is 10.4. The minimum Gasteiger partial charge on any atom is -0.550 e. The third-order valence-corrected chi connectivity index (χ3v) is 4.10. The van der Waals surface area contributed by atoms with Crippen LogP contribution < -0.4 is 5.11 Å². The maximum atomic E-state index is 12.1. The molecule has 2 amide bonds. The summed E-state index contributed by atoms with van der Waals surface area (Å²) in [7, 11) is 0. The van der Waals surface area contributed by atoms with Crippen LogP contribution >= 0.6 is 0 Å². The second kappa shape index (κ2) is 3.42. The maximum Gasteiger partial charge on any atom is 0.233 e. The number of imide groups is 1. The van der Waals surface area contributed by atoms with Gasteiger partial charge < -0.3 is 9.90 Å². The number of hydrogen-bond donors (Lipinski definition) is 0. The molecule has 1 aliphatic heterocycles. The van der Waals surface area contributed by atoms with E-state index in [1.165, 1.54) is 0 Å². The van der Waals surface area contributed by atoms with Crippen LogP contribution in [0.25, 0.3) is 0 Å². The summed E-state index contributed by atoms with van der Waals surface area (Å²) in [6.07, 6.45) is 4.64. The van der Waals surface area contributed by atoms with Crippen LogP contribution in [0.1, 0.15) is 12.8 Å². The molecule has 5 heteroatoms. The highest BCUT2D eigenvalue weighted by atomic mass is 16.4. The van der Waals surface area contributed by atoms with Gasteiger partial charge in [0.25, 0.3) is 0 Å². The monoisotopic (exact) mass is 234 g/mol. The third kappa shape index (κ3) is 1.34. The Kier molecular flexibility index (Phi) is 2.11. The van der Waals surface area contributed by atoms with Gasteiger partial charge in [-0.05, 0) is 18.3 Å². The second-order valence-electron chi connectivity index (χ2n) is 4.95. The first kappa shape index (κ1) is 10.5. The molecule has 1 saturated heterocycles. The zero-order valence-corrected chi connectivity index (χ0v) is 9.17. The van der Waals surface area contributed by atoms with Gasteiger partial charge in [0.15, 0.2) is 0 Å². The Morgan fingerprint density at radius 3 is 2.24 bits per heavy atom. The number of carbonyl (C=O) groups is 3. The van der Waals surface area contributed by atoms with Crippen LogP contribution in [-0.2, 0) is 14.4 Å². The Balaban J connectivity index is 1.80. The molecule has 0 spiro atoms. The van der Waals surface area contributed by atoms with E-state index in [0.29, 0.717) is 0 Å². The summed E-state index contributed by atoms with van der Waals surface area (Å²) in [6, 6.07) is 0. The Labute approximate surface area is 98.1 Å². The second-order valence-corrected chi connectivity index (χ2v) is 4.95. The van der Waals surface area contributed by atoms with Gasteiger partial charge in [0.2, 0.25) is 11.8 Å². The first-order valence-electron chi connectivity index (χ1n) is 5.83. The molecule has 0 aromatic rings. The van der Waals surface area contributed by atoms with E-state index >= 15 is 0 Å². The molecule has 1 saturated carbocycles. The normalized spacial score (nSPS) is 38.0. The number of amides is 2. The molecule has 0 aromatic heterocycles. The van der Waals surface area contributed by atoms with E-state index in [1.807, 2.05) is 12.2 Å². The lowest BCUT2D eigenvalue weighted by Gasteiger charge is -2.17. The molecule has 0 radical (unpaired) electrons. The third-order valence-electron chi connectivity index (χ3n) is 4.10. The van der Waals surface area contributed by atoms with Gasteiger partial charge in [-0.2, -0.15) is 0 Å². The lowest BCUT2D eigenvalue weighted by Crippen LogP contribution is -2.37. The van der Waals surface area contributed by atoms with Crippen LogP contribution in [0.15, 0.2) is 12.2 Å². The number of nitrogens with zero attached hydrogens (tertiary/aromatic N) is 1. The summed E-state index contributed by atoms with van der Waals surface area (Å²) in [5.74, 6) is -1.75. The van der Waals surface area contributed by atoms with Crippen LogP contribution in [0.4, 0.5) is 0 Å². The van der Waals surface area contributed by atoms with Gasteiger partial charge in [0.1, 0.15) is 0 Å². The molecule has 1 heterocycles. The largest absolute Gasteiger partial charge is 0.550 e. The average molecular weight is 234 g/mol. The molecule has 3 aliphatic rings. The van der Waals surface area contributed by atoms with Crippen molar-refractivity contribution in [2.45, 2.75) is 12.8 Å². The van der Waals surface area contributed by atoms with Crippen LogP contribution in [0.5, 0.6) is 0 Å². The number of carboxylic acids is 1. The fourth-order valence-electron chi connectivity index (χ4n) is 3.39. The quantitative estimate of drug-likeness (QED) is 0.460. The van der Waals surface area contributed by atoms with Gasteiger partial charge in [0.05, 0.1) is 11.8 Å². The lowest BCUT2D eigenvalue weighted by atomic mass is 9.85. The highest BCUT2D eigenvalue weighted by Crippen LogP contribution is 2.52. The molecule has 3 rings (SSSR count). The van der Waals surface area contributed by atoms with Gasteiger partial charge in [-0.3, -0.25) is 14.5 Å². The van der Waals surface area contributed by atoms with E-state index in [4.69, 9.17) is 0 Å². The van der Waals surface area contributed by atoms with Gasteiger partial charge in [0, 0.05) is 18.9 Å². The summed E-state index contributed by atoms with van der Waals surface area (Å²) < 4.78 is 0. The van der Waals surface area contributed by atoms with E-state index in [-0.39, 0.29) is 48.5 Å². The highest BCUT2D eigenvalue weighted by Gasteiger charge is 2.58. The van der Waals surface area contributed by atoms with E-state index < -0.39 is 5.97 Å². The Hall–Kier alpha value is -1.65. The number of likely N-dealkylation sites (tertiary alicyclic amines) is 1. The van der Waals surface area contributed by atoms with E-state index in [0.717, 1.165) is 11.3 Å². The standard InChI is InChI=1S/C12H13NO4/c14-8(15)3-4-13-11(16)9-6-1-2-7(5-6)10(9)12(13)17/h1-2,6-7,9-10H,3-5H2,(H,14,15)/p-1/t6-,7-,9-,10+/m1/s1. The molecule has 0 aromatic carbocycles. The summed E-state index contributed by atoms with van der Waals surface area (Å²) >= 11 is 0. The lowest BCUT2D eigenvalue weighted by molar-refractivity contribution is -0.305. The first-order valence-corrected chi connectivity index (χ1v) is 5.83. The minimum atomic E-state index is -1.23.